The van der Waals surface area contributed by atoms with E-state index in [1.807, 2.05) is 6.92 Å². The molecule has 114 valence electrons. The van der Waals surface area contributed by atoms with E-state index >= 15 is 0 Å². The van der Waals surface area contributed by atoms with E-state index in [1.165, 1.54) is 6.92 Å². The number of hydrazine groups is 1. The monoisotopic (exact) mass is 293 g/mol. The zero-order valence-electron chi connectivity index (χ0n) is 12.1. The maximum atomic E-state index is 11.7. The number of carbonyl (C=O) groups excluding carboxylic acids is 3. The fourth-order valence-corrected chi connectivity index (χ4v) is 1.47. The lowest BCUT2D eigenvalue weighted by molar-refractivity contribution is -0.128. The summed E-state index contributed by atoms with van der Waals surface area (Å²) in [6.45, 7) is 3.75. The molecule has 7 nitrogen and oxygen atoms in total. The Hall–Kier alpha value is -2.57. The molecule has 0 aromatic heterocycles. The summed E-state index contributed by atoms with van der Waals surface area (Å²) in [5, 5.41) is 2.67. The smallest absolute Gasteiger partial charge is 0.238 e. The number of benzene rings is 1. The maximum absolute atomic E-state index is 11.7. The average molecular weight is 293 g/mol. The molecule has 0 aliphatic carbocycles. The standard InChI is InChI=1S/C14H19N3O4/c1-3-21-12-6-4-11(5-7-12)15-13(19)8-9-14(20)17-16-10(2)18/h4-7H,3,8-9H2,1-2H3,(H,15,19)(H,16,18)(H,17,20). The highest BCUT2D eigenvalue weighted by atomic mass is 16.5. The lowest BCUT2D eigenvalue weighted by Gasteiger charge is -2.07. The van der Waals surface area contributed by atoms with Gasteiger partial charge in [0.05, 0.1) is 6.61 Å². The number of rotatable bonds is 6. The highest BCUT2D eigenvalue weighted by Gasteiger charge is 2.07. The van der Waals surface area contributed by atoms with Crippen LogP contribution in [0, 0.1) is 0 Å². The Balaban J connectivity index is 2.33. The van der Waals surface area contributed by atoms with Gasteiger partial charge in [0.25, 0.3) is 0 Å². The summed E-state index contributed by atoms with van der Waals surface area (Å²) in [4.78, 5) is 33.5. The highest BCUT2D eigenvalue weighted by Crippen LogP contribution is 2.15. The molecule has 3 N–H and O–H groups in total. The van der Waals surface area contributed by atoms with Crippen LogP contribution in [0.5, 0.6) is 5.75 Å². The van der Waals surface area contributed by atoms with Gasteiger partial charge in [-0.25, -0.2) is 0 Å². The molecule has 1 rings (SSSR count). The summed E-state index contributed by atoms with van der Waals surface area (Å²) >= 11 is 0. The molecule has 7 heteroatoms. The van der Waals surface area contributed by atoms with Crippen LogP contribution in [-0.2, 0) is 14.4 Å². The molecule has 0 spiro atoms. The van der Waals surface area contributed by atoms with Gasteiger partial charge in [0, 0.05) is 25.5 Å². The third kappa shape index (κ3) is 6.95. The molecule has 21 heavy (non-hydrogen) atoms. The van der Waals surface area contributed by atoms with Crippen molar-refractivity contribution in [2.24, 2.45) is 0 Å². The van der Waals surface area contributed by atoms with Gasteiger partial charge in [-0.05, 0) is 31.2 Å². The van der Waals surface area contributed by atoms with Crippen LogP contribution >= 0.6 is 0 Å². The van der Waals surface area contributed by atoms with Crippen molar-refractivity contribution in [3.8, 4) is 5.75 Å². The van der Waals surface area contributed by atoms with Crippen LogP contribution < -0.4 is 20.9 Å². The summed E-state index contributed by atoms with van der Waals surface area (Å²) in [5.74, 6) is -0.350. The predicted molar refractivity (Wildman–Crippen MR) is 77.4 cm³/mol. The van der Waals surface area contributed by atoms with E-state index < -0.39 is 5.91 Å². The molecule has 3 amide bonds. The van der Waals surface area contributed by atoms with Gasteiger partial charge in [-0.3, -0.25) is 25.2 Å². The van der Waals surface area contributed by atoms with E-state index in [2.05, 4.69) is 16.2 Å². The molecule has 0 aliphatic rings. The van der Waals surface area contributed by atoms with Crippen molar-refractivity contribution in [1.82, 2.24) is 10.9 Å². The van der Waals surface area contributed by atoms with Gasteiger partial charge < -0.3 is 10.1 Å². The first-order valence-electron chi connectivity index (χ1n) is 6.59. The highest BCUT2D eigenvalue weighted by molar-refractivity contribution is 5.93. The minimum Gasteiger partial charge on any atom is -0.494 e. The lowest BCUT2D eigenvalue weighted by atomic mass is 10.2. The van der Waals surface area contributed by atoms with Crippen LogP contribution in [0.4, 0.5) is 5.69 Å². The molecule has 0 fully saturated rings. The minimum atomic E-state index is -0.424. The molecular weight excluding hydrogens is 274 g/mol. The third-order valence-corrected chi connectivity index (χ3v) is 2.41. The molecule has 1 aromatic rings. The van der Waals surface area contributed by atoms with Crippen LogP contribution in [0.3, 0.4) is 0 Å². The van der Waals surface area contributed by atoms with Gasteiger partial charge in [-0.15, -0.1) is 0 Å². The first-order chi connectivity index (χ1) is 10.0. The summed E-state index contributed by atoms with van der Waals surface area (Å²) in [7, 11) is 0. The summed E-state index contributed by atoms with van der Waals surface area (Å²) in [6.07, 6.45) is 0.0156. The van der Waals surface area contributed by atoms with E-state index in [0.717, 1.165) is 5.75 Å². The van der Waals surface area contributed by atoms with Crippen molar-refractivity contribution in [1.29, 1.82) is 0 Å². The predicted octanol–water partition coefficient (Wildman–Crippen LogP) is 0.971. The molecule has 0 saturated heterocycles. The Morgan fingerprint density at radius 1 is 1.00 bits per heavy atom. The number of amides is 3. The Morgan fingerprint density at radius 2 is 1.62 bits per heavy atom. The van der Waals surface area contributed by atoms with Gasteiger partial charge in [0.1, 0.15) is 5.75 Å². The average Bonchev–Trinajstić information content (AvgIpc) is 2.45. The Kier molecular flexibility index (Phi) is 6.73. The zero-order valence-corrected chi connectivity index (χ0v) is 12.1. The van der Waals surface area contributed by atoms with Crippen molar-refractivity contribution in [3.63, 3.8) is 0 Å². The molecule has 1 aromatic carbocycles. The Bertz CT molecular complexity index is 499. The van der Waals surface area contributed by atoms with E-state index in [-0.39, 0.29) is 24.7 Å². The molecule has 0 atom stereocenters. The first-order valence-corrected chi connectivity index (χ1v) is 6.59. The zero-order chi connectivity index (χ0) is 15.7. The molecule has 0 radical (unpaired) electrons. The van der Waals surface area contributed by atoms with E-state index in [0.29, 0.717) is 12.3 Å². The van der Waals surface area contributed by atoms with Gasteiger partial charge >= 0.3 is 0 Å². The lowest BCUT2D eigenvalue weighted by Crippen LogP contribution is -2.40. The van der Waals surface area contributed by atoms with Crippen LogP contribution in [0.1, 0.15) is 26.7 Å². The molecule has 0 heterocycles. The number of carbonyl (C=O) groups is 3. The second-order valence-corrected chi connectivity index (χ2v) is 4.23. The van der Waals surface area contributed by atoms with Crippen molar-refractivity contribution in [2.45, 2.75) is 26.7 Å². The second-order valence-electron chi connectivity index (χ2n) is 4.23. The van der Waals surface area contributed by atoms with Gasteiger partial charge in [0.2, 0.25) is 17.7 Å². The third-order valence-electron chi connectivity index (χ3n) is 2.41. The fourth-order valence-electron chi connectivity index (χ4n) is 1.47. The fraction of sp³-hybridized carbons (Fsp3) is 0.357. The number of anilines is 1. The summed E-state index contributed by atoms with van der Waals surface area (Å²) < 4.78 is 5.29. The van der Waals surface area contributed by atoms with Gasteiger partial charge in [0.15, 0.2) is 0 Å². The summed E-state index contributed by atoms with van der Waals surface area (Å²) in [5.41, 5.74) is 4.97. The normalized spacial score (nSPS) is 9.62. The largest absolute Gasteiger partial charge is 0.494 e. The Morgan fingerprint density at radius 3 is 2.19 bits per heavy atom. The first kappa shape index (κ1) is 16.5. The maximum Gasteiger partial charge on any atom is 0.238 e. The van der Waals surface area contributed by atoms with E-state index in [4.69, 9.17) is 4.74 Å². The molecule has 0 unspecified atom stereocenters. The molecular formula is C14H19N3O4. The SMILES string of the molecule is CCOc1ccc(NC(=O)CCC(=O)NNC(C)=O)cc1. The number of hydrogen-bond acceptors (Lipinski definition) is 4. The number of ether oxygens (including phenoxy) is 1. The quantitative estimate of drug-likeness (QED) is 0.681. The van der Waals surface area contributed by atoms with Crippen LogP contribution in [0.2, 0.25) is 0 Å². The number of nitrogens with one attached hydrogen (secondary N) is 3. The summed E-state index contributed by atoms with van der Waals surface area (Å²) in [6, 6.07) is 6.95. The van der Waals surface area contributed by atoms with E-state index in [1.54, 1.807) is 24.3 Å². The van der Waals surface area contributed by atoms with Crippen molar-refractivity contribution >= 4 is 23.4 Å². The molecule has 0 bridgehead atoms. The van der Waals surface area contributed by atoms with Crippen molar-refractivity contribution < 1.29 is 19.1 Å². The van der Waals surface area contributed by atoms with Crippen molar-refractivity contribution in [2.75, 3.05) is 11.9 Å². The Labute approximate surface area is 123 Å². The molecule has 0 aliphatic heterocycles. The van der Waals surface area contributed by atoms with Crippen molar-refractivity contribution in [3.05, 3.63) is 24.3 Å². The van der Waals surface area contributed by atoms with Crippen LogP contribution in [0.25, 0.3) is 0 Å². The van der Waals surface area contributed by atoms with E-state index in [9.17, 15) is 14.4 Å². The molecule has 0 saturated carbocycles. The van der Waals surface area contributed by atoms with Crippen LogP contribution in [-0.4, -0.2) is 24.3 Å². The second kappa shape index (κ2) is 8.57. The van der Waals surface area contributed by atoms with Gasteiger partial charge in [-0.2, -0.15) is 0 Å². The van der Waals surface area contributed by atoms with Crippen LogP contribution in [0.15, 0.2) is 24.3 Å². The topological polar surface area (TPSA) is 96.5 Å². The number of hydrogen-bond donors (Lipinski definition) is 3. The minimum absolute atomic E-state index is 0.0108. The van der Waals surface area contributed by atoms with Gasteiger partial charge in [-0.1, -0.05) is 0 Å².